The number of nitrogens with zero attached hydrogens (tertiary/aromatic N) is 1. The second-order valence-corrected chi connectivity index (χ2v) is 3.71. The highest BCUT2D eigenvalue weighted by molar-refractivity contribution is 5.88. The Hall–Kier alpha value is -1.74. The first-order chi connectivity index (χ1) is 7.76. The highest BCUT2D eigenvalue weighted by Crippen LogP contribution is 2.32. The van der Waals surface area contributed by atoms with Crippen LogP contribution in [-0.2, 0) is 0 Å². The van der Waals surface area contributed by atoms with Gasteiger partial charge in [-0.1, -0.05) is 24.3 Å². The average Bonchev–Trinajstić information content (AvgIpc) is 2.36. The van der Waals surface area contributed by atoms with E-state index in [0.29, 0.717) is 0 Å². The first-order valence-corrected chi connectivity index (χ1v) is 5.15. The molecule has 3 heteroatoms. The Morgan fingerprint density at radius 3 is 2.38 bits per heavy atom. The normalized spacial score (nSPS) is 10.4. The third-order valence-corrected chi connectivity index (χ3v) is 2.67. The van der Waals surface area contributed by atoms with Crippen molar-refractivity contribution in [3.05, 3.63) is 36.4 Å². The Bertz CT molecular complexity index is 496. The fourth-order valence-electron chi connectivity index (χ4n) is 1.75. The summed E-state index contributed by atoms with van der Waals surface area (Å²) in [5.41, 5.74) is 0.892. The molecule has 0 aromatic heterocycles. The molecule has 16 heavy (non-hydrogen) atoms. The smallest absolute Gasteiger partial charge is 0.142 e. The van der Waals surface area contributed by atoms with Gasteiger partial charge in [0.1, 0.15) is 12.5 Å². The minimum atomic E-state index is -0.0330. The van der Waals surface area contributed by atoms with E-state index in [2.05, 4.69) is 0 Å². The van der Waals surface area contributed by atoms with Crippen molar-refractivity contribution in [2.75, 3.05) is 25.8 Å². The molecule has 0 aliphatic carbocycles. The zero-order valence-corrected chi connectivity index (χ0v) is 9.47. The van der Waals surface area contributed by atoms with Crippen molar-refractivity contribution in [1.29, 1.82) is 0 Å². The van der Waals surface area contributed by atoms with Crippen molar-refractivity contribution in [2.24, 2.45) is 0 Å². The summed E-state index contributed by atoms with van der Waals surface area (Å²) in [5, 5.41) is 11.4. The Labute approximate surface area is 94.9 Å². The molecule has 0 atom stereocenters. The summed E-state index contributed by atoms with van der Waals surface area (Å²) in [4.78, 5) is 1.74. The van der Waals surface area contributed by atoms with Crippen LogP contribution in [0.2, 0.25) is 0 Å². The monoisotopic (exact) mass is 217 g/mol. The van der Waals surface area contributed by atoms with Crippen LogP contribution in [-0.4, -0.2) is 26.0 Å². The van der Waals surface area contributed by atoms with E-state index in [4.69, 9.17) is 9.84 Å². The number of hydrogen-bond donors (Lipinski definition) is 1. The fourth-order valence-corrected chi connectivity index (χ4v) is 1.75. The minimum absolute atomic E-state index is 0.0330. The third-order valence-electron chi connectivity index (χ3n) is 2.67. The third kappa shape index (κ3) is 1.82. The van der Waals surface area contributed by atoms with Crippen LogP contribution in [0.25, 0.3) is 10.8 Å². The Kier molecular flexibility index (Phi) is 2.97. The molecular weight excluding hydrogens is 202 g/mol. The maximum Gasteiger partial charge on any atom is 0.142 e. The van der Waals surface area contributed by atoms with Gasteiger partial charge >= 0.3 is 0 Å². The Morgan fingerprint density at radius 2 is 1.81 bits per heavy atom. The molecule has 2 aromatic rings. The molecule has 0 aliphatic rings. The van der Waals surface area contributed by atoms with E-state index in [9.17, 15) is 0 Å². The standard InChI is InChI=1S/C13H15NO2/c1-14(9-15)12-7-10-5-3-4-6-11(10)8-13(12)16-2/h3-8,15H,9H2,1-2H3. The summed E-state index contributed by atoms with van der Waals surface area (Å²) >= 11 is 0. The predicted octanol–water partition coefficient (Wildman–Crippen LogP) is 2.23. The summed E-state index contributed by atoms with van der Waals surface area (Å²) < 4.78 is 5.32. The number of aliphatic hydroxyl groups excluding tert-OH is 1. The van der Waals surface area contributed by atoms with Crippen LogP contribution in [0.4, 0.5) is 5.69 Å². The van der Waals surface area contributed by atoms with Crippen LogP contribution >= 0.6 is 0 Å². The van der Waals surface area contributed by atoms with E-state index < -0.39 is 0 Å². The first kappa shape index (κ1) is 10.8. The first-order valence-electron chi connectivity index (χ1n) is 5.15. The number of aliphatic hydroxyl groups is 1. The quantitative estimate of drug-likeness (QED) is 0.800. The summed E-state index contributed by atoms with van der Waals surface area (Å²) in [6.45, 7) is -0.0330. The molecule has 84 valence electrons. The lowest BCUT2D eigenvalue weighted by molar-refractivity contribution is 0.297. The van der Waals surface area contributed by atoms with E-state index in [0.717, 1.165) is 22.2 Å². The van der Waals surface area contributed by atoms with E-state index in [1.165, 1.54) is 0 Å². The molecule has 1 N–H and O–H groups in total. The number of benzene rings is 2. The maximum atomic E-state index is 9.15. The molecule has 0 radical (unpaired) electrons. The molecule has 0 unspecified atom stereocenters. The topological polar surface area (TPSA) is 32.7 Å². The van der Waals surface area contributed by atoms with Gasteiger partial charge < -0.3 is 14.7 Å². The molecule has 2 aromatic carbocycles. The lowest BCUT2D eigenvalue weighted by atomic mass is 10.1. The fraction of sp³-hybridized carbons (Fsp3) is 0.231. The van der Waals surface area contributed by atoms with E-state index in [-0.39, 0.29) is 6.73 Å². The average molecular weight is 217 g/mol. The van der Waals surface area contributed by atoms with Gasteiger partial charge in [-0.2, -0.15) is 0 Å². The van der Waals surface area contributed by atoms with Crippen molar-refractivity contribution < 1.29 is 9.84 Å². The summed E-state index contributed by atoms with van der Waals surface area (Å²) in [6.07, 6.45) is 0. The van der Waals surface area contributed by atoms with Crippen molar-refractivity contribution in [1.82, 2.24) is 0 Å². The van der Waals surface area contributed by atoms with Gasteiger partial charge in [0.2, 0.25) is 0 Å². The number of fused-ring (bicyclic) bond motifs is 1. The molecule has 0 spiro atoms. The van der Waals surface area contributed by atoms with E-state index >= 15 is 0 Å². The molecular formula is C13H15NO2. The van der Waals surface area contributed by atoms with Crippen LogP contribution in [0.3, 0.4) is 0 Å². The molecule has 0 fully saturated rings. The number of methoxy groups -OCH3 is 1. The van der Waals surface area contributed by atoms with Crippen molar-refractivity contribution >= 4 is 16.5 Å². The lowest BCUT2D eigenvalue weighted by Gasteiger charge is -2.19. The summed E-state index contributed by atoms with van der Waals surface area (Å²) in [6, 6.07) is 12.1. The SMILES string of the molecule is COc1cc2ccccc2cc1N(C)CO. The predicted molar refractivity (Wildman–Crippen MR) is 66.0 cm³/mol. The van der Waals surface area contributed by atoms with Gasteiger partial charge in [-0.05, 0) is 22.9 Å². The highest BCUT2D eigenvalue weighted by atomic mass is 16.5. The van der Waals surface area contributed by atoms with Crippen LogP contribution in [0, 0.1) is 0 Å². The molecule has 0 saturated carbocycles. The summed E-state index contributed by atoms with van der Waals surface area (Å²) in [5.74, 6) is 0.773. The Morgan fingerprint density at radius 1 is 1.19 bits per heavy atom. The molecule has 0 saturated heterocycles. The van der Waals surface area contributed by atoms with Gasteiger partial charge in [0.05, 0.1) is 12.8 Å². The number of hydrogen-bond acceptors (Lipinski definition) is 3. The van der Waals surface area contributed by atoms with Gasteiger partial charge in [-0.15, -0.1) is 0 Å². The zero-order chi connectivity index (χ0) is 11.5. The van der Waals surface area contributed by atoms with E-state index in [1.807, 2.05) is 43.4 Å². The van der Waals surface area contributed by atoms with Gasteiger partial charge in [0.25, 0.3) is 0 Å². The molecule has 0 heterocycles. The second-order valence-electron chi connectivity index (χ2n) is 3.71. The molecule has 0 aliphatic heterocycles. The summed E-state index contributed by atoms with van der Waals surface area (Å²) in [7, 11) is 3.46. The zero-order valence-electron chi connectivity index (χ0n) is 9.47. The van der Waals surface area contributed by atoms with Crippen molar-refractivity contribution in [2.45, 2.75) is 0 Å². The van der Waals surface area contributed by atoms with Crippen LogP contribution in [0.5, 0.6) is 5.75 Å². The lowest BCUT2D eigenvalue weighted by Crippen LogP contribution is -2.18. The molecule has 3 nitrogen and oxygen atoms in total. The van der Waals surface area contributed by atoms with Crippen molar-refractivity contribution in [3.8, 4) is 5.75 Å². The van der Waals surface area contributed by atoms with Crippen LogP contribution in [0.1, 0.15) is 0 Å². The molecule has 2 rings (SSSR count). The van der Waals surface area contributed by atoms with Gasteiger partial charge in [-0.25, -0.2) is 0 Å². The molecule has 0 bridgehead atoms. The minimum Gasteiger partial charge on any atom is -0.495 e. The maximum absolute atomic E-state index is 9.15. The van der Waals surface area contributed by atoms with Gasteiger partial charge in [-0.3, -0.25) is 0 Å². The van der Waals surface area contributed by atoms with Crippen LogP contribution < -0.4 is 9.64 Å². The highest BCUT2D eigenvalue weighted by Gasteiger charge is 2.08. The molecule has 0 amide bonds. The second kappa shape index (κ2) is 4.41. The van der Waals surface area contributed by atoms with Gasteiger partial charge in [0, 0.05) is 7.05 Å². The van der Waals surface area contributed by atoms with Crippen molar-refractivity contribution in [3.63, 3.8) is 0 Å². The van der Waals surface area contributed by atoms with Crippen LogP contribution in [0.15, 0.2) is 36.4 Å². The number of anilines is 1. The largest absolute Gasteiger partial charge is 0.495 e. The Balaban J connectivity index is 2.62. The number of ether oxygens (including phenoxy) is 1. The van der Waals surface area contributed by atoms with E-state index in [1.54, 1.807) is 12.0 Å². The van der Waals surface area contributed by atoms with Gasteiger partial charge in [0.15, 0.2) is 0 Å². The number of rotatable bonds is 3.